The SMILES string of the molecule is CCc1cc(CC)n([C@@H]2CCCC[C@H]2N2Cc3ccc(-c4nnc(C(F)F)o4)cc3C2=O)n1. The monoisotopic (exact) mass is 455 g/mol. The van der Waals surface area contributed by atoms with Crippen molar-refractivity contribution in [3.8, 4) is 11.5 Å². The third-order valence-corrected chi connectivity index (χ3v) is 6.81. The molecule has 33 heavy (non-hydrogen) atoms. The molecular weight excluding hydrogens is 428 g/mol. The van der Waals surface area contributed by atoms with Crippen LogP contribution in [-0.2, 0) is 19.4 Å². The lowest BCUT2D eigenvalue weighted by Crippen LogP contribution is -2.44. The summed E-state index contributed by atoms with van der Waals surface area (Å²) in [5.41, 5.74) is 4.25. The van der Waals surface area contributed by atoms with Gasteiger partial charge in [0.1, 0.15) is 0 Å². The first-order valence-corrected chi connectivity index (χ1v) is 11.6. The van der Waals surface area contributed by atoms with Gasteiger partial charge in [-0.25, -0.2) is 0 Å². The van der Waals surface area contributed by atoms with Gasteiger partial charge < -0.3 is 9.32 Å². The topological polar surface area (TPSA) is 77.0 Å². The van der Waals surface area contributed by atoms with Crippen LogP contribution in [0.1, 0.15) is 85.2 Å². The molecule has 2 aromatic heterocycles. The van der Waals surface area contributed by atoms with Crippen LogP contribution in [0.5, 0.6) is 0 Å². The van der Waals surface area contributed by atoms with Crippen molar-refractivity contribution in [2.24, 2.45) is 0 Å². The van der Waals surface area contributed by atoms with Crippen molar-refractivity contribution >= 4 is 5.91 Å². The van der Waals surface area contributed by atoms with Crippen LogP contribution in [0.4, 0.5) is 8.78 Å². The Bertz CT molecular complexity index is 1170. The molecule has 3 heterocycles. The first-order valence-electron chi connectivity index (χ1n) is 11.6. The molecule has 1 amide bonds. The maximum absolute atomic E-state index is 13.5. The summed E-state index contributed by atoms with van der Waals surface area (Å²) in [6.45, 7) is 4.78. The molecule has 0 unspecified atom stereocenters. The number of nitrogens with zero attached hydrogens (tertiary/aromatic N) is 5. The fourth-order valence-electron chi connectivity index (χ4n) is 5.12. The maximum Gasteiger partial charge on any atom is 0.314 e. The number of carbonyl (C=O) groups excluding carboxylic acids is 1. The molecule has 1 aromatic carbocycles. The number of alkyl halides is 2. The molecule has 1 fully saturated rings. The van der Waals surface area contributed by atoms with Crippen molar-refractivity contribution < 1.29 is 18.0 Å². The number of benzene rings is 1. The van der Waals surface area contributed by atoms with E-state index in [-0.39, 0.29) is 23.9 Å². The van der Waals surface area contributed by atoms with Crippen LogP contribution >= 0.6 is 0 Å². The highest BCUT2D eigenvalue weighted by molar-refractivity contribution is 5.99. The van der Waals surface area contributed by atoms with Gasteiger partial charge in [-0.1, -0.05) is 32.8 Å². The van der Waals surface area contributed by atoms with Gasteiger partial charge in [-0.3, -0.25) is 9.48 Å². The molecule has 9 heteroatoms. The lowest BCUT2D eigenvalue weighted by atomic mass is 9.89. The molecule has 3 aromatic rings. The van der Waals surface area contributed by atoms with Crippen molar-refractivity contribution in [3.05, 3.63) is 52.7 Å². The van der Waals surface area contributed by atoms with E-state index in [1.165, 1.54) is 5.69 Å². The highest BCUT2D eigenvalue weighted by atomic mass is 19.3. The summed E-state index contributed by atoms with van der Waals surface area (Å²) < 4.78 is 32.9. The van der Waals surface area contributed by atoms with Gasteiger partial charge in [0.25, 0.3) is 11.8 Å². The zero-order chi connectivity index (χ0) is 23.1. The Morgan fingerprint density at radius 3 is 2.58 bits per heavy atom. The molecule has 0 saturated heterocycles. The minimum atomic E-state index is -2.83. The van der Waals surface area contributed by atoms with Crippen molar-refractivity contribution in [1.29, 1.82) is 0 Å². The van der Waals surface area contributed by atoms with Crippen LogP contribution in [0.3, 0.4) is 0 Å². The molecular formula is C24H27F2N5O2. The summed E-state index contributed by atoms with van der Waals surface area (Å²) in [7, 11) is 0. The van der Waals surface area contributed by atoms with Crippen LogP contribution < -0.4 is 0 Å². The first kappa shape index (κ1) is 21.7. The van der Waals surface area contributed by atoms with Gasteiger partial charge in [-0.05, 0) is 49.4 Å². The predicted molar refractivity (Wildman–Crippen MR) is 117 cm³/mol. The Morgan fingerprint density at radius 2 is 1.88 bits per heavy atom. The summed E-state index contributed by atoms with van der Waals surface area (Å²) in [5.74, 6) is -0.773. The van der Waals surface area contributed by atoms with Gasteiger partial charge in [0, 0.05) is 23.4 Å². The van der Waals surface area contributed by atoms with Gasteiger partial charge in [0.15, 0.2) is 0 Å². The number of hydrogen-bond donors (Lipinski definition) is 0. The number of aromatic nitrogens is 4. The van der Waals surface area contributed by atoms with Gasteiger partial charge in [0.05, 0.1) is 17.8 Å². The molecule has 0 radical (unpaired) electrons. The van der Waals surface area contributed by atoms with E-state index >= 15 is 0 Å². The third kappa shape index (κ3) is 3.83. The number of aryl methyl sites for hydroxylation is 2. The fraction of sp³-hybridized carbons (Fsp3) is 0.500. The number of halogens is 2. The van der Waals surface area contributed by atoms with Crippen LogP contribution in [-0.4, -0.2) is 36.8 Å². The Balaban J connectivity index is 1.44. The lowest BCUT2D eigenvalue weighted by molar-refractivity contribution is 0.0555. The van der Waals surface area contributed by atoms with Gasteiger partial charge in [-0.2, -0.15) is 13.9 Å². The van der Waals surface area contributed by atoms with E-state index in [0.717, 1.165) is 49.8 Å². The predicted octanol–water partition coefficient (Wildman–Crippen LogP) is 5.14. The Hall–Kier alpha value is -3.10. The number of rotatable bonds is 6. The highest BCUT2D eigenvalue weighted by Gasteiger charge is 2.39. The summed E-state index contributed by atoms with van der Waals surface area (Å²) in [6, 6.07) is 7.66. The third-order valence-electron chi connectivity index (χ3n) is 6.81. The summed E-state index contributed by atoms with van der Waals surface area (Å²) >= 11 is 0. The second kappa shape index (κ2) is 8.68. The lowest BCUT2D eigenvalue weighted by Gasteiger charge is -2.38. The molecule has 2 atom stereocenters. The van der Waals surface area contributed by atoms with Crippen molar-refractivity contribution in [1.82, 2.24) is 24.9 Å². The standard InChI is InChI=1S/C24H27F2N5O2/c1-3-16-12-17(4-2)31(29-16)20-8-6-5-7-19(20)30-13-15-10-9-14(11-18(15)24(30)32)22-27-28-23(33-22)21(25)26/h9-12,19-21H,3-8,13H2,1-2H3/t19-,20-/m1/s1. The minimum absolute atomic E-state index is 0.00823. The van der Waals surface area contributed by atoms with Crippen molar-refractivity contribution in [2.75, 3.05) is 0 Å². The normalized spacial score (nSPS) is 20.6. The van der Waals surface area contributed by atoms with Gasteiger partial charge in [0.2, 0.25) is 5.89 Å². The highest BCUT2D eigenvalue weighted by Crippen LogP contribution is 2.38. The number of fused-ring (bicyclic) bond motifs is 1. The zero-order valence-electron chi connectivity index (χ0n) is 18.8. The van der Waals surface area contributed by atoms with E-state index in [9.17, 15) is 13.6 Å². The molecule has 1 aliphatic carbocycles. The van der Waals surface area contributed by atoms with Crippen LogP contribution in [0.25, 0.3) is 11.5 Å². The molecule has 2 aliphatic rings. The van der Waals surface area contributed by atoms with Crippen molar-refractivity contribution in [2.45, 2.75) is 77.4 Å². The average molecular weight is 456 g/mol. The van der Waals surface area contributed by atoms with E-state index < -0.39 is 12.3 Å². The van der Waals surface area contributed by atoms with E-state index in [1.54, 1.807) is 12.1 Å². The minimum Gasteiger partial charge on any atom is -0.415 e. The molecule has 5 rings (SSSR count). The van der Waals surface area contributed by atoms with Crippen LogP contribution in [0.15, 0.2) is 28.7 Å². The van der Waals surface area contributed by atoms with Crippen molar-refractivity contribution in [3.63, 3.8) is 0 Å². The Morgan fingerprint density at radius 1 is 1.09 bits per heavy atom. The molecule has 1 saturated carbocycles. The summed E-state index contributed by atoms with van der Waals surface area (Å²) in [5, 5.41) is 12.0. The number of amides is 1. The fourth-order valence-corrected chi connectivity index (χ4v) is 5.12. The summed E-state index contributed by atoms with van der Waals surface area (Å²) in [4.78, 5) is 15.5. The van der Waals surface area contributed by atoms with Crippen LogP contribution in [0.2, 0.25) is 0 Å². The summed E-state index contributed by atoms with van der Waals surface area (Å²) in [6.07, 6.45) is 3.08. The number of hydrogen-bond acceptors (Lipinski definition) is 5. The maximum atomic E-state index is 13.5. The van der Waals surface area contributed by atoms with Gasteiger partial charge in [-0.15, -0.1) is 10.2 Å². The Kier molecular flexibility index (Phi) is 5.72. The molecule has 0 spiro atoms. The molecule has 0 N–H and O–H groups in total. The molecule has 7 nitrogen and oxygen atoms in total. The van der Waals surface area contributed by atoms with E-state index in [1.807, 2.05) is 11.0 Å². The van der Waals surface area contributed by atoms with Crippen LogP contribution in [0, 0.1) is 0 Å². The Labute approximate surface area is 190 Å². The molecule has 174 valence electrons. The largest absolute Gasteiger partial charge is 0.415 e. The number of carbonyl (C=O) groups is 1. The van der Waals surface area contributed by atoms with E-state index in [0.29, 0.717) is 17.7 Å². The molecule has 0 bridgehead atoms. The smallest absolute Gasteiger partial charge is 0.314 e. The molecule has 1 aliphatic heterocycles. The zero-order valence-corrected chi connectivity index (χ0v) is 18.8. The first-order chi connectivity index (χ1) is 16.0. The quantitative estimate of drug-likeness (QED) is 0.515. The second-order valence-electron chi connectivity index (χ2n) is 8.75. The van der Waals surface area contributed by atoms with Gasteiger partial charge >= 0.3 is 6.43 Å². The second-order valence-corrected chi connectivity index (χ2v) is 8.75. The average Bonchev–Trinajstić information content (AvgIpc) is 3.56. The van der Waals surface area contributed by atoms with E-state index in [4.69, 9.17) is 9.52 Å². The van der Waals surface area contributed by atoms with E-state index in [2.05, 4.69) is 34.8 Å².